The third-order valence-corrected chi connectivity index (χ3v) is 13.1. The van der Waals surface area contributed by atoms with Crippen LogP contribution in [0.25, 0.3) is 77.3 Å². The average Bonchev–Trinajstić information content (AvgIpc) is 3.91. The van der Waals surface area contributed by atoms with Crippen molar-refractivity contribution in [3.05, 3.63) is 217 Å². The highest BCUT2D eigenvalue weighted by molar-refractivity contribution is 6.27. The van der Waals surface area contributed by atoms with Crippen LogP contribution < -0.4 is 4.90 Å². The molecule has 2 aliphatic carbocycles. The van der Waals surface area contributed by atoms with E-state index in [2.05, 4.69) is 224 Å². The number of furan rings is 1. The van der Waals surface area contributed by atoms with Crippen LogP contribution in [0.3, 0.4) is 0 Å². The molecule has 2 aromatic heterocycles. The molecule has 12 rings (SSSR count). The monoisotopic (exact) mass is 770 g/mol. The Morgan fingerprint density at radius 2 is 1.22 bits per heavy atom. The first-order valence-electron chi connectivity index (χ1n) is 21.0. The quantitative estimate of drug-likeness (QED) is 0.168. The van der Waals surface area contributed by atoms with Crippen LogP contribution in [-0.2, 0) is 5.41 Å². The number of hydrogen-bond donors (Lipinski definition) is 0. The molecule has 0 fully saturated rings. The van der Waals surface area contributed by atoms with Gasteiger partial charge in [-0.2, -0.15) is 0 Å². The van der Waals surface area contributed by atoms with Crippen LogP contribution in [0.1, 0.15) is 31.4 Å². The first-order valence-corrected chi connectivity index (χ1v) is 21.0. The second-order valence-electron chi connectivity index (χ2n) is 16.8. The molecule has 2 heterocycles. The lowest BCUT2D eigenvalue weighted by molar-refractivity contribution is 0.644. The van der Waals surface area contributed by atoms with Gasteiger partial charge in [0.25, 0.3) is 0 Å². The molecular weight excluding hydrogens is 729 g/mol. The van der Waals surface area contributed by atoms with Gasteiger partial charge in [0.2, 0.25) is 0 Å². The van der Waals surface area contributed by atoms with Crippen molar-refractivity contribution in [2.45, 2.75) is 31.7 Å². The molecule has 0 radical (unpaired) electrons. The van der Waals surface area contributed by atoms with Crippen molar-refractivity contribution in [2.75, 3.05) is 4.90 Å². The van der Waals surface area contributed by atoms with E-state index in [-0.39, 0.29) is 11.5 Å². The molecule has 1 atom stereocenters. The Bertz CT molecular complexity index is 3350. The van der Waals surface area contributed by atoms with Gasteiger partial charge in [0, 0.05) is 55.7 Å². The molecule has 60 heavy (non-hydrogen) atoms. The molecule has 3 heteroatoms. The molecule has 0 saturated carbocycles. The Morgan fingerprint density at radius 1 is 0.550 bits per heavy atom. The molecule has 3 nitrogen and oxygen atoms in total. The topological polar surface area (TPSA) is 21.3 Å². The summed E-state index contributed by atoms with van der Waals surface area (Å²) in [6.07, 6.45) is 5.95. The molecule has 0 saturated heterocycles. The molecule has 0 N–H and O–H groups in total. The van der Waals surface area contributed by atoms with Crippen LogP contribution in [0, 0.1) is 0 Å². The van der Waals surface area contributed by atoms with E-state index in [0.29, 0.717) is 0 Å². The van der Waals surface area contributed by atoms with Crippen molar-refractivity contribution in [3.8, 4) is 27.9 Å². The number of allylic oxidation sites excluding steroid dienone is 2. The number of rotatable bonds is 6. The van der Waals surface area contributed by atoms with Gasteiger partial charge >= 0.3 is 0 Å². The van der Waals surface area contributed by atoms with Crippen molar-refractivity contribution in [3.63, 3.8) is 0 Å². The summed E-state index contributed by atoms with van der Waals surface area (Å²) in [4.78, 5) is 2.52. The number of para-hydroxylation sites is 3. The van der Waals surface area contributed by atoms with Gasteiger partial charge in [-0.05, 0) is 93.9 Å². The van der Waals surface area contributed by atoms with Crippen LogP contribution in [0.4, 0.5) is 11.4 Å². The Kier molecular flexibility index (Phi) is 7.71. The summed E-state index contributed by atoms with van der Waals surface area (Å²) >= 11 is 0. The zero-order valence-corrected chi connectivity index (χ0v) is 33.6. The molecule has 0 amide bonds. The minimum atomic E-state index is -0.0480. The number of nitrogens with zero attached hydrogens (tertiary/aromatic N) is 2. The van der Waals surface area contributed by atoms with E-state index in [1.54, 1.807) is 0 Å². The number of benzene rings is 8. The number of aromatic nitrogens is 1. The maximum absolute atomic E-state index is 6.63. The number of fused-ring (bicyclic) bond motifs is 9. The summed E-state index contributed by atoms with van der Waals surface area (Å²) in [5.41, 5.74) is 17.9. The SMILES string of the molecule is CC1(C)C2=CC(N(c3ccccc3)c3ccc(-c4ccc5c6c(-c7ccccc7)c7c(cc6n(-c6ccccc6)c5c4)oc4ccccc47)cc3)CC=C2c2ccccc21. The van der Waals surface area contributed by atoms with Gasteiger partial charge in [-0.15, -0.1) is 0 Å². The van der Waals surface area contributed by atoms with Crippen molar-refractivity contribution in [1.29, 1.82) is 0 Å². The molecule has 2 aliphatic rings. The summed E-state index contributed by atoms with van der Waals surface area (Å²) in [5.74, 6) is 0. The van der Waals surface area contributed by atoms with E-state index in [1.807, 2.05) is 0 Å². The fraction of sp³-hybridized carbons (Fsp3) is 0.0877. The van der Waals surface area contributed by atoms with Gasteiger partial charge < -0.3 is 13.9 Å². The van der Waals surface area contributed by atoms with Crippen molar-refractivity contribution in [2.24, 2.45) is 0 Å². The normalized spacial score (nSPS) is 15.6. The molecule has 0 spiro atoms. The Balaban J connectivity index is 1.01. The van der Waals surface area contributed by atoms with Gasteiger partial charge in [0.15, 0.2) is 0 Å². The van der Waals surface area contributed by atoms with E-state index in [0.717, 1.165) is 45.1 Å². The summed E-state index contributed by atoms with van der Waals surface area (Å²) in [6.45, 7) is 4.75. The third-order valence-electron chi connectivity index (χ3n) is 13.1. The molecule has 286 valence electrons. The highest BCUT2D eigenvalue weighted by atomic mass is 16.3. The van der Waals surface area contributed by atoms with E-state index < -0.39 is 0 Å². The maximum Gasteiger partial charge on any atom is 0.138 e. The summed E-state index contributed by atoms with van der Waals surface area (Å²) in [5, 5.41) is 4.73. The molecule has 0 aliphatic heterocycles. The van der Waals surface area contributed by atoms with Crippen LogP contribution in [0.2, 0.25) is 0 Å². The second-order valence-corrected chi connectivity index (χ2v) is 16.8. The van der Waals surface area contributed by atoms with Gasteiger partial charge in [-0.3, -0.25) is 0 Å². The molecule has 1 unspecified atom stereocenters. The van der Waals surface area contributed by atoms with Gasteiger partial charge in [0.05, 0.1) is 17.1 Å². The highest BCUT2D eigenvalue weighted by Gasteiger charge is 2.40. The van der Waals surface area contributed by atoms with E-state index in [9.17, 15) is 0 Å². The van der Waals surface area contributed by atoms with Crippen LogP contribution in [-0.4, -0.2) is 10.6 Å². The predicted molar refractivity (Wildman–Crippen MR) is 251 cm³/mol. The van der Waals surface area contributed by atoms with Crippen molar-refractivity contribution in [1.82, 2.24) is 4.57 Å². The standard InChI is InChI=1S/C57H42N2O/c1-57(2)48-24-14-12-22-44(48)45-33-31-43(35-49(45)57)58(40-18-8-4-9-19-40)42-29-26-37(27-30-42)39-28-32-46-50(34-39)59(41-20-10-5-11-21-41)51-36-53-56(47-23-13-15-25-52(47)60-53)54(55(46)51)38-16-6-3-7-17-38/h3-30,32-36,43H,31H2,1-2H3. The fourth-order valence-electron chi connectivity index (χ4n) is 10.3. The van der Waals surface area contributed by atoms with Gasteiger partial charge in [0.1, 0.15) is 11.2 Å². The summed E-state index contributed by atoms with van der Waals surface area (Å²) in [7, 11) is 0. The zero-order chi connectivity index (χ0) is 40.0. The van der Waals surface area contributed by atoms with Crippen molar-refractivity contribution < 1.29 is 4.42 Å². The predicted octanol–water partition coefficient (Wildman–Crippen LogP) is 15.2. The third kappa shape index (κ3) is 5.22. The summed E-state index contributed by atoms with van der Waals surface area (Å²) in [6, 6.07) is 68.4. The summed E-state index contributed by atoms with van der Waals surface area (Å²) < 4.78 is 9.05. The lowest BCUT2D eigenvalue weighted by Gasteiger charge is -2.35. The van der Waals surface area contributed by atoms with Crippen LogP contribution >= 0.6 is 0 Å². The molecule has 10 aromatic rings. The van der Waals surface area contributed by atoms with Gasteiger partial charge in [-0.25, -0.2) is 0 Å². The molecule has 0 bridgehead atoms. The lowest BCUT2D eigenvalue weighted by Crippen LogP contribution is -2.32. The fourth-order valence-corrected chi connectivity index (χ4v) is 10.3. The van der Waals surface area contributed by atoms with E-state index in [4.69, 9.17) is 4.42 Å². The van der Waals surface area contributed by atoms with Crippen LogP contribution in [0.5, 0.6) is 0 Å². The molecular formula is C57H42N2O. The van der Waals surface area contributed by atoms with Gasteiger partial charge in [-0.1, -0.05) is 159 Å². The first kappa shape index (κ1) is 34.7. The number of hydrogen-bond acceptors (Lipinski definition) is 2. The zero-order valence-electron chi connectivity index (χ0n) is 33.6. The Morgan fingerprint density at radius 3 is 2.02 bits per heavy atom. The van der Waals surface area contributed by atoms with Crippen molar-refractivity contribution >= 4 is 60.7 Å². The highest BCUT2D eigenvalue weighted by Crippen LogP contribution is 2.52. The van der Waals surface area contributed by atoms with E-state index >= 15 is 0 Å². The Hall–Kier alpha value is -7.36. The molecule has 8 aromatic carbocycles. The largest absolute Gasteiger partial charge is 0.456 e. The lowest BCUT2D eigenvalue weighted by atomic mass is 9.79. The Labute approximate surface area is 349 Å². The number of anilines is 2. The minimum Gasteiger partial charge on any atom is -0.456 e. The second kappa shape index (κ2) is 13.3. The van der Waals surface area contributed by atoms with E-state index in [1.165, 1.54) is 66.7 Å². The minimum absolute atomic E-state index is 0.0480. The average molecular weight is 771 g/mol. The maximum atomic E-state index is 6.63. The van der Waals surface area contributed by atoms with Crippen LogP contribution in [0.15, 0.2) is 210 Å². The smallest absolute Gasteiger partial charge is 0.138 e. The first-order chi connectivity index (χ1) is 29.5.